The molecular formula is C12H10BrNOS. The number of benzene rings is 1. The van der Waals surface area contributed by atoms with Gasteiger partial charge in [0, 0.05) is 22.4 Å². The highest BCUT2D eigenvalue weighted by molar-refractivity contribution is 9.10. The van der Waals surface area contributed by atoms with Crippen molar-refractivity contribution in [2.45, 2.75) is 10.8 Å². The van der Waals surface area contributed by atoms with E-state index in [1.165, 1.54) is 11.8 Å². The van der Waals surface area contributed by atoms with E-state index in [9.17, 15) is 5.21 Å². The van der Waals surface area contributed by atoms with Crippen molar-refractivity contribution >= 4 is 27.7 Å². The number of rotatable bonds is 3. The Morgan fingerprint density at radius 3 is 2.56 bits per heavy atom. The van der Waals surface area contributed by atoms with Gasteiger partial charge in [-0.25, -0.2) is 0 Å². The number of hydrogen-bond acceptors (Lipinski definition) is 2. The maximum Gasteiger partial charge on any atom is 0.251 e. The molecule has 1 aromatic carbocycles. The lowest BCUT2D eigenvalue weighted by atomic mass is 10.2. The summed E-state index contributed by atoms with van der Waals surface area (Å²) in [7, 11) is 0. The van der Waals surface area contributed by atoms with Gasteiger partial charge in [0.1, 0.15) is 0 Å². The number of hydrogen-bond donors (Lipinski definition) is 0. The Morgan fingerprint density at radius 2 is 1.88 bits per heavy atom. The van der Waals surface area contributed by atoms with Crippen molar-refractivity contribution in [3.8, 4) is 0 Å². The van der Waals surface area contributed by atoms with Crippen LogP contribution in [0.4, 0.5) is 0 Å². The molecule has 0 aliphatic rings. The lowest BCUT2D eigenvalue weighted by Crippen LogP contribution is -2.27. The van der Waals surface area contributed by atoms with E-state index in [-0.39, 0.29) is 0 Å². The SMILES string of the molecule is [O-][n+]1ccccc1SCc1ccc(Br)cc1. The molecule has 2 nitrogen and oxygen atoms in total. The van der Waals surface area contributed by atoms with E-state index < -0.39 is 0 Å². The second kappa shape index (κ2) is 5.37. The zero-order valence-corrected chi connectivity index (χ0v) is 10.9. The van der Waals surface area contributed by atoms with E-state index in [2.05, 4.69) is 28.1 Å². The molecule has 1 aromatic heterocycles. The van der Waals surface area contributed by atoms with Crippen LogP contribution in [0, 0.1) is 5.21 Å². The predicted octanol–water partition coefficient (Wildman–Crippen LogP) is 3.37. The lowest BCUT2D eigenvalue weighted by Gasteiger charge is -2.03. The molecule has 82 valence electrons. The average Bonchev–Trinajstić information content (AvgIpc) is 2.30. The second-order valence-corrected chi connectivity index (χ2v) is 5.19. The van der Waals surface area contributed by atoms with Crippen molar-refractivity contribution in [1.82, 2.24) is 0 Å². The zero-order chi connectivity index (χ0) is 11.4. The van der Waals surface area contributed by atoms with Gasteiger partial charge in [-0.2, -0.15) is 4.73 Å². The topological polar surface area (TPSA) is 26.9 Å². The molecule has 0 saturated heterocycles. The Morgan fingerprint density at radius 1 is 1.12 bits per heavy atom. The molecule has 2 rings (SSSR count). The molecule has 0 fully saturated rings. The first-order chi connectivity index (χ1) is 7.75. The van der Waals surface area contributed by atoms with Crippen molar-refractivity contribution in [1.29, 1.82) is 0 Å². The molecule has 1 heterocycles. The molecule has 0 radical (unpaired) electrons. The van der Waals surface area contributed by atoms with Crippen LogP contribution in [0.3, 0.4) is 0 Å². The molecule has 0 saturated carbocycles. The summed E-state index contributed by atoms with van der Waals surface area (Å²) in [6, 6.07) is 13.5. The lowest BCUT2D eigenvalue weighted by molar-refractivity contribution is -0.645. The highest BCUT2D eigenvalue weighted by Crippen LogP contribution is 2.20. The van der Waals surface area contributed by atoms with E-state index in [1.54, 1.807) is 17.8 Å². The third-order valence-electron chi connectivity index (χ3n) is 2.09. The Labute approximate surface area is 107 Å². The summed E-state index contributed by atoms with van der Waals surface area (Å²) in [5.74, 6) is 0.805. The van der Waals surface area contributed by atoms with E-state index in [0.29, 0.717) is 0 Å². The quantitative estimate of drug-likeness (QED) is 0.493. The van der Waals surface area contributed by atoms with Gasteiger partial charge < -0.3 is 5.21 Å². The fourth-order valence-electron chi connectivity index (χ4n) is 1.26. The van der Waals surface area contributed by atoms with E-state index in [4.69, 9.17) is 0 Å². The summed E-state index contributed by atoms with van der Waals surface area (Å²) in [5, 5.41) is 12.1. The number of aromatic nitrogens is 1. The summed E-state index contributed by atoms with van der Waals surface area (Å²) in [6.45, 7) is 0. The van der Waals surface area contributed by atoms with E-state index in [0.717, 1.165) is 20.0 Å². The molecule has 0 atom stereocenters. The van der Waals surface area contributed by atoms with Crippen LogP contribution in [-0.2, 0) is 5.75 Å². The van der Waals surface area contributed by atoms with Crippen LogP contribution in [0.25, 0.3) is 0 Å². The van der Waals surface area contributed by atoms with Gasteiger partial charge in [0.2, 0.25) is 0 Å². The molecular weight excluding hydrogens is 286 g/mol. The normalized spacial score (nSPS) is 10.3. The van der Waals surface area contributed by atoms with Gasteiger partial charge in [0.05, 0.1) is 0 Å². The van der Waals surface area contributed by atoms with Crippen molar-refractivity contribution in [3.63, 3.8) is 0 Å². The molecule has 4 heteroatoms. The molecule has 0 amide bonds. The Bertz CT molecular complexity index is 473. The number of thioether (sulfide) groups is 1. The van der Waals surface area contributed by atoms with Crippen molar-refractivity contribution < 1.29 is 4.73 Å². The van der Waals surface area contributed by atoms with Gasteiger partial charge in [0.25, 0.3) is 5.03 Å². The molecule has 2 aromatic rings. The summed E-state index contributed by atoms with van der Waals surface area (Å²) in [6.07, 6.45) is 1.52. The highest BCUT2D eigenvalue weighted by Gasteiger charge is 2.04. The van der Waals surface area contributed by atoms with Crippen LogP contribution in [0.15, 0.2) is 58.2 Å². The average molecular weight is 296 g/mol. The maximum atomic E-state index is 11.4. The number of nitrogens with zero attached hydrogens (tertiary/aromatic N) is 1. The van der Waals surface area contributed by atoms with Gasteiger partial charge in [-0.05, 0) is 23.8 Å². The molecule has 0 unspecified atom stereocenters. The minimum absolute atomic E-state index is 0.727. The van der Waals surface area contributed by atoms with Crippen LogP contribution in [0.2, 0.25) is 0 Å². The molecule has 16 heavy (non-hydrogen) atoms. The van der Waals surface area contributed by atoms with Crippen LogP contribution in [0.1, 0.15) is 5.56 Å². The van der Waals surface area contributed by atoms with Crippen LogP contribution in [-0.4, -0.2) is 0 Å². The fourth-order valence-corrected chi connectivity index (χ4v) is 2.40. The van der Waals surface area contributed by atoms with Crippen LogP contribution < -0.4 is 4.73 Å². The van der Waals surface area contributed by atoms with Crippen molar-refractivity contribution in [3.05, 3.63) is 63.9 Å². The van der Waals surface area contributed by atoms with Crippen molar-refractivity contribution in [2.24, 2.45) is 0 Å². The summed E-state index contributed by atoms with van der Waals surface area (Å²) < 4.78 is 1.96. The monoisotopic (exact) mass is 295 g/mol. The Hall–Kier alpha value is -1.00. The van der Waals surface area contributed by atoms with Crippen LogP contribution >= 0.6 is 27.7 Å². The molecule has 0 aliphatic heterocycles. The molecule has 0 spiro atoms. The summed E-state index contributed by atoms with van der Waals surface area (Å²) in [5.41, 5.74) is 1.21. The van der Waals surface area contributed by atoms with Gasteiger partial charge in [-0.3, -0.25) is 0 Å². The second-order valence-electron chi connectivity index (χ2n) is 3.28. The van der Waals surface area contributed by atoms with Gasteiger partial charge in [0.15, 0.2) is 6.20 Å². The molecule has 0 N–H and O–H groups in total. The minimum atomic E-state index is 0.727. The van der Waals surface area contributed by atoms with Gasteiger partial charge >= 0.3 is 0 Å². The minimum Gasteiger partial charge on any atom is -0.618 e. The predicted molar refractivity (Wildman–Crippen MR) is 69.1 cm³/mol. The largest absolute Gasteiger partial charge is 0.618 e. The third-order valence-corrected chi connectivity index (χ3v) is 3.71. The number of pyridine rings is 1. The molecule has 0 aliphatic carbocycles. The first kappa shape index (κ1) is 11.5. The van der Waals surface area contributed by atoms with Crippen LogP contribution in [0.5, 0.6) is 0 Å². The summed E-state index contributed by atoms with van der Waals surface area (Å²) in [4.78, 5) is 0. The van der Waals surface area contributed by atoms with Gasteiger partial charge in [-0.15, -0.1) is 0 Å². The fraction of sp³-hybridized carbons (Fsp3) is 0.0833. The van der Waals surface area contributed by atoms with E-state index in [1.807, 2.05) is 24.3 Å². The first-order valence-electron chi connectivity index (χ1n) is 4.81. The summed E-state index contributed by atoms with van der Waals surface area (Å²) >= 11 is 4.93. The Kier molecular flexibility index (Phi) is 3.85. The highest BCUT2D eigenvalue weighted by atomic mass is 79.9. The van der Waals surface area contributed by atoms with Crippen molar-refractivity contribution in [2.75, 3.05) is 0 Å². The molecule has 0 bridgehead atoms. The maximum absolute atomic E-state index is 11.4. The number of halogens is 1. The Balaban J connectivity index is 2.02. The smallest absolute Gasteiger partial charge is 0.251 e. The third kappa shape index (κ3) is 3.00. The zero-order valence-electron chi connectivity index (χ0n) is 8.47. The standard InChI is InChI=1S/C12H10BrNOS/c13-11-6-4-10(5-7-11)9-16-12-3-1-2-8-14(12)15/h1-8H,9H2. The van der Waals surface area contributed by atoms with E-state index >= 15 is 0 Å². The first-order valence-corrected chi connectivity index (χ1v) is 6.59. The van der Waals surface area contributed by atoms with Gasteiger partial charge in [-0.1, -0.05) is 39.8 Å².